The lowest BCUT2D eigenvalue weighted by atomic mass is 9.83. The van der Waals surface area contributed by atoms with E-state index in [1.54, 1.807) is 11.8 Å². The number of hydrogen-bond acceptors (Lipinski definition) is 5. The van der Waals surface area contributed by atoms with Gasteiger partial charge in [0.2, 0.25) is 17.7 Å². The van der Waals surface area contributed by atoms with Gasteiger partial charge in [0.15, 0.2) is 0 Å². The lowest BCUT2D eigenvalue weighted by Gasteiger charge is -2.43. The topological polar surface area (TPSA) is 111 Å². The van der Waals surface area contributed by atoms with Crippen LogP contribution in [-0.4, -0.2) is 75.7 Å². The van der Waals surface area contributed by atoms with Gasteiger partial charge in [0, 0.05) is 44.1 Å². The van der Waals surface area contributed by atoms with Gasteiger partial charge in [-0.25, -0.2) is 0 Å². The van der Waals surface area contributed by atoms with Crippen LogP contribution in [0.1, 0.15) is 58.3 Å². The zero-order valence-electron chi connectivity index (χ0n) is 18.3. The first-order chi connectivity index (χ1) is 14.9. The van der Waals surface area contributed by atoms with E-state index in [0.29, 0.717) is 19.0 Å². The van der Waals surface area contributed by atoms with Crippen molar-refractivity contribution in [3.8, 4) is 6.07 Å². The molecule has 3 amide bonds. The number of likely N-dealkylation sites (tertiary alicyclic amines) is 2. The highest BCUT2D eigenvalue weighted by Gasteiger charge is 2.56. The Kier molecular flexibility index (Phi) is 5.20. The first-order valence-corrected chi connectivity index (χ1v) is 11.9. The molecule has 5 fully saturated rings. The van der Waals surface area contributed by atoms with Crippen LogP contribution >= 0.6 is 0 Å². The smallest absolute Gasteiger partial charge is 0.241 e. The molecule has 0 aromatic carbocycles. The Morgan fingerprint density at radius 2 is 1.61 bits per heavy atom. The fraction of sp³-hybridized carbons (Fsp3) is 0.826. The third-order valence-electron chi connectivity index (χ3n) is 8.61. The highest BCUT2D eigenvalue weighted by molar-refractivity contribution is 5.84. The highest BCUT2D eigenvalue weighted by Crippen LogP contribution is 2.48. The number of hydrogen-bond donors (Lipinski definition) is 1. The molecule has 5 rings (SSSR count). The average molecular weight is 428 g/mol. The van der Waals surface area contributed by atoms with Gasteiger partial charge in [-0.2, -0.15) is 5.26 Å². The van der Waals surface area contributed by atoms with E-state index in [1.807, 2.05) is 4.90 Å². The van der Waals surface area contributed by atoms with Crippen LogP contribution in [0.3, 0.4) is 0 Å². The summed E-state index contributed by atoms with van der Waals surface area (Å²) in [6.07, 6.45) is 6.80. The van der Waals surface area contributed by atoms with E-state index in [9.17, 15) is 19.6 Å². The van der Waals surface area contributed by atoms with Crippen LogP contribution in [0, 0.1) is 29.1 Å². The number of rotatable bonds is 3. The van der Waals surface area contributed by atoms with Gasteiger partial charge in [0.25, 0.3) is 0 Å². The number of carbonyl (C=O) groups excluding carboxylic acids is 3. The maximum absolute atomic E-state index is 13.3. The van der Waals surface area contributed by atoms with Crippen molar-refractivity contribution in [2.24, 2.45) is 23.5 Å². The first-order valence-electron chi connectivity index (χ1n) is 11.9. The molecule has 0 aromatic rings. The van der Waals surface area contributed by atoms with Crippen LogP contribution in [0.2, 0.25) is 0 Å². The summed E-state index contributed by atoms with van der Waals surface area (Å²) in [5.41, 5.74) is 6.49. The van der Waals surface area contributed by atoms with Gasteiger partial charge in [-0.05, 0) is 63.2 Å². The minimum Gasteiger partial charge on any atom is -0.343 e. The molecule has 7 atom stereocenters. The van der Waals surface area contributed by atoms with E-state index in [-0.39, 0.29) is 53.7 Å². The number of carbonyl (C=O) groups is 3. The third-order valence-corrected chi connectivity index (χ3v) is 8.61. The quantitative estimate of drug-likeness (QED) is 0.718. The van der Waals surface area contributed by atoms with Crippen molar-refractivity contribution in [3.63, 3.8) is 0 Å². The molecule has 8 nitrogen and oxygen atoms in total. The fourth-order valence-electron chi connectivity index (χ4n) is 6.79. The Balaban J connectivity index is 1.21. The SMILES string of the molecule is CC(=O)N1CCC(C(=O)N2C3CC[C@H]2CC([C@H](N)C(=O)N2C(C#N)CC4CC42)C3)CC1. The van der Waals surface area contributed by atoms with Crippen molar-refractivity contribution in [1.82, 2.24) is 14.7 Å². The van der Waals surface area contributed by atoms with Gasteiger partial charge >= 0.3 is 0 Å². The number of amides is 3. The van der Waals surface area contributed by atoms with Crippen LogP contribution in [0.4, 0.5) is 0 Å². The summed E-state index contributed by atoms with van der Waals surface area (Å²) in [6, 6.07) is 1.95. The molecule has 31 heavy (non-hydrogen) atoms. The summed E-state index contributed by atoms with van der Waals surface area (Å²) in [7, 11) is 0. The number of piperidine rings is 3. The summed E-state index contributed by atoms with van der Waals surface area (Å²) >= 11 is 0. The van der Waals surface area contributed by atoms with Crippen molar-refractivity contribution < 1.29 is 14.4 Å². The van der Waals surface area contributed by atoms with E-state index in [0.717, 1.165) is 51.4 Å². The molecule has 2 N–H and O–H groups in total. The molecule has 1 saturated carbocycles. The largest absolute Gasteiger partial charge is 0.343 e. The average Bonchev–Trinajstić information content (AvgIpc) is 3.36. The van der Waals surface area contributed by atoms with Crippen LogP contribution in [0.15, 0.2) is 0 Å². The summed E-state index contributed by atoms with van der Waals surface area (Å²) < 4.78 is 0. The second-order valence-electron chi connectivity index (χ2n) is 10.4. The molecular weight excluding hydrogens is 394 g/mol. The molecule has 168 valence electrons. The van der Waals surface area contributed by atoms with E-state index in [2.05, 4.69) is 11.0 Å². The van der Waals surface area contributed by atoms with Crippen LogP contribution in [0.5, 0.6) is 0 Å². The van der Waals surface area contributed by atoms with Gasteiger partial charge in [-0.15, -0.1) is 0 Å². The normalized spacial score (nSPS) is 37.9. The van der Waals surface area contributed by atoms with Crippen molar-refractivity contribution in [3.05, 3.63) is 0 Å². The molecule has 2 bridgehead atoms. The fourth-order valence-corrected chi connectivity index (χ4v) is 6.79. The number of nitrogens with two attached hydrogens (primary N) is 1. The summed E-state index contributed by atoms with van der Waals surface area (Å²) in [5, 5.41) is 9.43. The molecule has 5 aliphatic rings. The number of nitriles is 1. The van der Waals surface area contributed by atoms with Crippen molar-refractivity contribution in [2.45, 2.75) is 88.5 Å². The number of nitrogens with zero attached hydrogens (tertiary/aromatic N) is 4. The van der Waals surface area contributed by atoms with E-state index in [4.69, 9.17) is 5.73 Å². The molecule has 4 saturated heterocycles. The van der Waals surface area contributed by atoms with Gasteiger partial charge in [0.05, 0.1) is 12.1 Å². The predicted molar refractivity (Wildman–Crippen MR) is 112 cm³/mol. The van der Waals surface area contributed by atoms with E-state index < -0.39 is 6.04 Å². The van der Waals surface area contributed by atoms with E-state index in [1.165, 1.54) is 0 Å². The summed E-state index contributed by atoms with van der Waals surface area (Å²) in [4.78, 5) is 43.8. The molecule has 0 aromatic heterocycles. The van der Waals surface area contributed by atoms with Crippen molar-refractivity contribution in [1.29, 1.82) is 5.26 Å². The Hall–Kier alpha value is -2.14. The molecule has 1 aliphatic carbocycles. The van der Waals surface area contributed by atoms with Crippen LogP contribution in [-0.2, 0) is 14.4 Å². The third kappa shape index (κ3) is 3.51. The zero-order valence-corrected chi connectivity index (χ0v) is 18.3. The Morgan fingerprint density at radius 3 is 2.19 bits per heavy atom. The molecule has 0 radical (unpaired) electrons. The van der Waals surface area contributed by atoms with Gasteiger partial charge in [-0.1, -0.05) is 0 Å². The Bertz CT molecular complexity index is 803. The first kappa shape index (κ1) is 20.7. The van der Waals surface area contributed by atoms with Crippen LogP contribution in [0.25, 0.3) is 0 Å². The van der Waals surface area contributed by atoms with E-state index >= 15 is 0 Å². The van der Waals surface area contributed by atoms with Crippen molar-refractivity contribution in [2.75, 3.05) is 13.1 Å². The highest BCUT2D eigenvalue weighted by atomic mass is 16.2. The molecule has 0 spiro atoms. The van der Waals surface area contributed by atoms with Gasteiger partial charge in [-0.3, -0.25) is 14.4 Å². The predicted octanol–water partition coefficient (Wildman–Crippen LogP) is 0.855. The molecule has 4 heterocycles. The lowest BCUT2D eigenvalue weighted by Crippen LogP contribution is -2.56. The van der Waals surface area contributed by atoms with Gasteiger partial charge < -0.3 is 20.4 Å². The minimum atomic E-state index is -0.575. The molecule has 4 aliphatic heterocycles. The Labute approximate surface area is 183 Å². The zero-order chi connectivity index (χ0) is 21.9. The van der Waals surface area contributed by atoms with Gasteiger partial charge in [0.1, 0.15) is 6.04 Å². The van der Waals surface area contributed by atoms with Crippen molar-refractivity contribution >= 4 is 17.7 Å². The second kappa shape index (κ2) is 7.77. The summed E-state index contributed by atoms with van der Waals surface area (Å²) in [5.74, 6) is 0.825. The minimum absolute atomic E-state index is 0.00154. The monoisotopic (exact) mass is 427 g/mol. The number of fused-ring (bicyclic) bond motifs is 3. The lowest BCUT2D eigenvalue weighted by molar-refractivity contribution is -0.145. The molecule has 8 heteroatoms. The summed E-state index contributed by atoms with van der Waals surface area (Å²) in [6.45, 7) is 2.91. The second-order valence-corrected chi connectivity index (χ2v) is 10.4. The standard InChI is InChI=1S/C23H33N5O3/c1-13(29)26-6-4-14(5-7-26)22(30)27-17-2-3-18(27)10-16(9-17)21(25)23(31)28-19(12-24)8-15-11-20(15)28/h14-21H,2-11,25H2,1H3/t15?,16?,17-,18?,19?,20?,21-/m0/s1. The van der Waals surface area contributed by atoms with Crippen LogP contribution < -0.4 is 5.73 Å². The maximum atomic E-state index is 13.3. The molecular formula is C23H33N5O3. The maximum Gasteiger partial charge on any atom is 0.241 e. The molecule has 5 unspecified atom stereocenters. The Morgan fingerprint density at radius 1 is 0.968 bits per heavy atom.